The van der Waals surface area contributed by atoms with Gasteiger partial charge in [-0.25, -0.2) is 0 Å². The summed E-state index contributed by atoms with van der Waals surface area (Å²) in [4.78, 5) is 17.0. The lowest BCUT2D eigenvalue weighted by Crippen LogP contribution is -2.51. The van der Waals surface area contributed by atoms with E-state index in [9.17, 15) is 4.79 Å². The molecule has 0 aromatic heterocycles. The molecule has 1 amide bonds. The van der Waals surface area contributed by atoms with Crippen molar-refractivity contribution in [2.75, 3.05) is 26.2 Å². The van der Waals surface area contributed by atoms with Crippen molar-refractivity contribution >= 4 is 21.8 Å². The SMILES string of the molecule is CC(C)C(Br)C(=O)N1CCCC(N2CCCC2)C1. The molecule has 0 radical (unpaired) electrons. The first kappa shape index (κ1) is 14.3. The number of likely N-dealkylation sites (tertiary alicyclic amines) is 2. The van der Waals surface area contributed by atoms with Gasteiger partial charge in [0.05, 0.1) is 4.83 Å². The van der Waals surface area contributed by atoms with Crippen LogP contribution in [0.4, 0.5) is 0 Å². The van der Waals surface area contributed by atoms with Gasteiger partial charge in [-0.05, 0) is 44.7 Å². The molecule has 0 aromatic carbocycles. The summed E-state index contributed by atoms with van der Waals surface area (Å²) < 4.78 is 0. The van der Waals surface area contributed by atoms with Gasteiger partial charge < -0.3 is 4.90 Å². The molecule has 2 atom stereocenters. The number of rotatable bonds is 3. The van der Waals surface area contributed by atoms with Gasteiger partial charge in [-0.2, -0.15) is 0 Å². The Balaban J connectivity index is 1.91. The monoisotopic (exact) mass is 316 g/mol. The van der Waals surface area contributed by atoms with Gasteiger partial charge in [0.25, 0.3) is 0 Å². The van der Waals surface area contributed by atoms with Crippen molar-refractivity contribution in [3.63, 3.8) is 0 Å². The minimum atomic E-state index is -0.0187. The molecule has 3 nitrogen and oxygen atoms in total. The molecule has 2 heterocycles. The van der Waals surface area contributed by atoms with E-state index in [-0.39, 0.29) is 10.7 Å². The van der Waals surface area contributed by atoms with Crippen LogP contribution in [0.1, 0.15) is 39.5 Å². The van der Waals surface area contributed by atoms with E-state index in [0.29, 0.717) is 12.0 Å². The quantitative estimate of drug-likeness (QED) is 0.747. The van der Waals surface area contributed by atoms with Crippen LogP contribution in [0.5, 0.6) is 0 Å². The number of nitrogens with zero attached hydrogens (tertiary/aromatic N) is 2. The fourth-order valence-corrected chi connectivity index (χ4v) is 3.31. The summed E-state index contributed by atoms with van der Waals surface area (Å²) in [7, 11) is 0. The number of hydrogen-bond donors (Lipinski definition) is 0. The predicted octanol–water partition coefficient (Wildman–Crippen LogP) is 2.49. The summed E-state index contributed by atoms with van der Waals surface area (Å²) in [5.41, 5.74) is 0. The average Bonchev–Trinajstić information content (AvgIpc) is 2.91. The molecule has 4 heteroatoms. The van der Waals surface area contributed by atoms with Crippen molar-refractivity contribution in [2.24, 2.45) is 5.92 Å². The summed E-state index contributed by atoms with van der Waals surface area (Å²) in [5, 5.41) is 0. The van der Waals surface area contributed by atoms with Crippen molar-refractivity contribution in [1.82, 2.24) is 9.80 Å². The second kappa shape index (κ2) is 6.38. The average molecular weight is 317 g/mol. The molecule has 2 aliphatic heterocycles. The highest BCUT2D eigenvalue weighted by Gasteiger charge is 2.32. The van der Waals surface area contributed by atoms with Crippen LogP contribution in [0.2, 0.25) is 0 Å². The minimum absolute atomic E-state index is 0.0187. The van der Waals surface area contributed by atoms with E-state index in [4.69, 9.17) is 0 Å². The number of amides is 1. The Hall–Kier alpha value is -0.0900. The van der Waals surface area contributed by atoms with Crippen LogP contribution in [0.3, 0.4) is 0 Å². The van der Waals surface area contributed by atoms with Gasteiger partial charge in [-0.15, -0.1) is 0 Å². The number of hydrogen-bond acceptors (Lipinski definition) is 2. The highest BCUT2D eigenvalue weighted by Crippen LogP contribution is 2.23. The highest BCUT2D eigenvalue weighted by molar-refractivity contribution is 9.10. The van der Waals surface area contributed by atoms with Gasteiger partial charge >= 0.3 is 0 Å². The van der Waals surface area contributed by atoms with Crippen LogP contribution in [0.15, 0.2) is 0 Å². The van der Waals surface area contributed by atoms with Gasteiger partial charge in [0.1, 0.15) is 0 Å². The number of carbonyl (C=O) groups excluding carboxylic acids is 1. The van der Waals surface area contributed by atoms with Gasteiger partial charge in [-0.3, -0.25) is 9.69 Å². The lowest BCUT2D eigenvalue weighted by atomic mass is 10.0. The number of alkyl halides is 1. The Morgan fingerprint density at radius 1 is 1.17 bits per heavy atom. The molecular weight excluding hydrogens is 292 g/mol. The van der Waals surface area contributed by atoms with Crippen LogP contribution in [0.25, 0.3) is 0 Å². The molecule has 2 fully saturated rings. The topological polar surface area (TPSA) is 23.6 Å². The summed E-state index contributed by atoms with van der Waals surface area (Å²) in [6, 6.07) is 0.608. The molecular formula is C14H25BrN2O. The third-order valence-corrected chi connectivity index (χ3v) is 5.64. The summed E-state index contributed by atoms with van der Waals surface area (Å²) in [6.45, 7) is 8.54. The first-order chi connectivity index (χ1) is 8.59. The van der Waals surface area contributed by atoms with Crippen molar-refractivity contribution in [3.05, 3.63) is 0 Å². The Kier molecular flexibility index (Phi) is 5.07. The zero-order chi connectivity index (χ0) is 13.1. The first-order valence-electron chi connectivity index (χ1n) is 7.26. The minimum Gasteiger partial charge on any atom is -0.340 e. The number of halogens is 1. The maximum atomic E-state index is 12.4. The summed E-state index contributed by atoms with van der Waals surface area (Å²) >= 11 is 3.54. The third-order valence-electron chi connectivity index (χ3n) is 4.19. The molecule has 0 aromatic rings. The van der Waals surface area contributed by atoms with Gasteiger partial charge in [0.2, 0.25) is 5.91 Å². The molecule has 2 unspecified atom stereocenters. The molecule has 2 aliphatic rings. The predicted molar refractivity (Wildman–Crippen MR) is 78.0 cm³/mol. The summed E-state index contributed by atoms with van der Waals surface area (Å²) in [6.07, 6.45) is 5.08. The molecule has 0 saturated carbocycles. The van der Waals surface area contributed by atoms with Crippen molar-refractivity contribution in [1.29, 1.82) is 0 Å². The fourth-order valence-electron chi connectivity index (χ4n) is 3.02. The zero-order valence-electron chi connectivity index (χ0n) is 11.6. The van der Waals surface area contributed by atoms with Crippen LogP contribution in [-0.4, -0.2) is 52.8 Å². The molecule has 0 bridgehead atoms. The normalized spacial score (nSPS) is 27.8. The molecule has 0 N–H and O–H groups in total. The van der Waals surface area contributed by atoms with Gasteiger partial charge in [0, 0.05) is 19.1 Å². The van der Waals surface area contributed by atoms with E-state index in [1.807, 2.05) is 0 Å². The van der Waals surface area contributed by atoms with Gasteiger partial charge in [0.15, 0.2) is 0 Å². The number of carbonyl (C=O) groups is 1. The second-order valence-corrected chi connectivity index (χ2v) is 6.96. The van der Waals surface area contributed by atoms with E-state index in [1.165, 1.54) is 32.4 Å². The third kappa shape index (κ3) is 3.27. The van der Waals surface area contributed by atoms with Gasteiger partial charge in [-0.1, -0.05) is 29.8 Å². The molecule has 0 spiro atoms. The Morgan fingerprint density at radius 3 is 2.44 bits per heavy atom. The van der Waals surface area contributed by atoms with E-state index >= 15 is 0 Å². The maximum absolute atomic E-state index is 12.4. The van der Waals surface area contributed by atoms with Crippen LogP contribution in [0, 0.1) is 5.92 Å². The van der Waals surface area contributed by atoms with Crippen molar-refractivity contribution < 1.29 is 4.79 Å². The smallest absolute Gasteiger partial charge is 0.236 e. The standard InChI is InChI=1S/C14H25BrN2O/c1-11(2)13(15)14(18)17-9-5-6-12(10-17)16-7-3-4-8-16/h11-13H,3-10H2,1-2H3. The molecule has 2 saturated heterocycles. The van der Waals surface area contributed by atoms with Crippen LogP contribution in [-0.2, 0) is 4.79 Å². The molecule has 18 heavy (non-hydrogen) atoms. The number of piperidine rings is 1. The molecule has 2 rings (SSSR count). The van der Waals surface area contributed by atoms with E-state index in [0.717, 1.165) is 19.5 Å². The highest BCUT2D eigenvalue weighted by atomic mass is 79.9. The van der Waals surface area contributed by atoms with E-state index in [1.54, 1.807) is 0 Å². The zero-order valence-corrected chi connectivity index (χ0v) is 13.2. The van der Waals surface area contributed by atoms with E-state index < -0.39 is 0 Å². The Morgan fingerprint density at radius 2 is 1.83 bits per heavy atom. The second-order valence-electron chi connectivity index (χ2n) is 5.97. The lowest BCUT2D eigenvalue weighted by molar-refractivity contribution is -0.133. The van der Waals surface area contributed by atoms with Crippen molar-refractivity contribution in [3.8, 4) is 0 Å². The van der Waals surface area contributed by atoms with Crippen LogP contribution >= 0.6 is 15.9 Å². The van der Waals surface area contributed by atoms with E-state index in [2.05, 4.69) is 39.6 Å². The fraction of sp³-hybridized carbons (Fsp3) is 0.929. The first-order valence-corrected chi connectivity index (χ1v) is 8.18. The van der Waals surface area contributed by atoms with Crippen LogP contribution < -0.4 is 0 Å². The Bertz CT molecular complexity index is 290. The van der Waals surface area contributed by atoms with Crippen molar-refractivity contribution in [2.45, 2.75) is 50.4 Å². The molecule has 0 aliphatic carbocycles. The largest absolute Gasteiger partial charge is 0.340 e. The lowest BCUT2D eigenvalue weighted by Gasteiger charge is -2.38. The molecule has 104 valence electrons. The Labute approximate surface area is 119 Å². The summed E-state index contributed by atoms with van der Waals surface area (Å²) in [5.74, 6) is 0.651. The maximum Gasteiger partial charge on any atom is 0.236 e.